The van der Waals surface area contributed by atoms with Gasteiger partial charge in [-0.25, -0.2) is 4.39 Å². The molecule has 20 heavy (non-hydrogen) atoms. The lowest BCUT2D eigenvalue weighted by atomic mass is 10.1. The van der Waals surface area contributed by atoms with Crippen LogP contribution in [0, 0.1) is 12.7 Å². The first-order valence-corrected chi connectivity index (χ1v) is 6.57. The molecule has 4 nitrogen and oxygen atoms in total. The fourth-order valence-electron chi connectivity index (χ4n) is 2.18. The van der Waals surface area contributed by atoms with Crippen LogP contribution in [0.15, 0.2) is 24.4 Å². The Morgan fingerprint density at radius 2 is 2.20 bits per heavy atom. The summed E-state index contributed by atoms with van der Waals surface area (Å²) in [4.78, 5) is 0. The molecule has 0 aliphatic carbocycles. The van der Waals surface area contributed by atoms with Crippen molar-refractivity contribution < 1.29 is 9.13 Å². The van der Waals surface area contributed by atoms with Crippen LogP contribution in [0.4, 0.5) is 4.39 Å². The van der Waals surface area contributed by atoms with Crippen molar-refractivity contribution in [2.24, 2.45) is 7.05 Å². The number of ether oxygens (including phenoxy) is 1. The maximum absolute atomic E-state index is 14.0. The molecule has 0 bridgehead atoms. The van der Waals surface area contributed by atoms with E-state index in [2.05, 4.69) is 10.4 Å². The van der Waals surface area contributed by atoms with Gasteiger partial charge in [-0.05, 0) is 19.9 Å². The lowest BCUT2D eigenvalue weighted by molar-refractivity contribution is 0.409. The monoisotopic (exact) mass is 277 g/mol. The number of aryl methyl sites for hydroxylation is 2. The van der Waals surface area contributed by atoms with Crippen LogP contribution in [0.3, 0.4) is 0 Å². The van der Waals surface area contributed by atoms with Gasteiger partial charge in [-0.3, -0.25) is 4.68 Å². The number of benzene rings is 1. The summed E-state index contributed by atoms with van der Waals surface area (Å²) < 4.78 is 20.7. The highest BCUT2D eigenvalue weighted by atomic mass is 19.1. The standard InChI is InChI=1S/C15H20FN3O/c1-10-12(9-19(3)18-10)8-17-11(2)14-6-5-13(20-4)7-15(14)16/h5-7,9,11,17H,8H2,1-4H3. The molecule has 0 spiro atoms. The second-order valence-corrected chi connectivity index (χ2v) is 4.90. The number of rotatable bonds is 5. The minimum atomic E-state index is -0.257. The molecule has 0 aliphatic heterocycles. The molecule has 2 aromatic rings. The summed E-state index contributed by atoms with van der Waals surface area (Å²) in [7, 11) is 3.42. The average molecular weight is 277 g/mol. The van der Waals surface area contributed by atoms with E-state index >= 15 is 0 Å². The van der Waals surface area contributed by atoms with Gasteiger partial charge in [0.15, 0.2) is 0 Å². The number of halogens is 1. The van der Waals surface area contributed by atoms with E-state index < -0.39 is 0 Å². The quantitative estimate of drug-likeness (QED) is 0.913. The van der Waals surface area contributed by atoms with Crippen molar-refractivity contribution in [2.75, 3.05) is 7.11 Å². The maximum atomic E-state index is 14.0. The second kappa shape index (κ2) is 6.05. The molecule has 0 aliphatic rings. The Morgan fingerprint density at radius 1 is 1.45 bits per heavy atom. The van der Waals surface area contributed by atoms with E-state index in [1.807, 2.05) is 27.1 Å². The van der Waals surface area contributed by atoms with Gasteiger partial charge in [0.1, 0.15) is 11.6 Å². The van der Waals surface area contributed by atoms with E-state index in [-0.39, 0.29) is 11.9 Å². The van der Waals surface area contributed by atoms with Crippen LogP contribution in [0.2, 0.25) is 0 Å². The van der Waals surface area contributed by atoms with Crippen molar-refractivity contribution in [2.45, 2.75) is 26.4 Å². The Labute approximate surface area is 118 Å². The highest BCUT2D eigenvalue weighted by Crippen LogP contribution is 2.22. The molecule has 0 radical (unpaired) electrons. The molecule has 5 heteroatoms. The molecule has 1 atom stereocenters. The molecule has 108 valence electrons. The number of hydrogen-bond donors (Lipinski definition) is 1. The van der Waals surface area contributed by atoms with Crippen molar-refractivity contribution in [3.05, 3.63) is 47.0 Å². The highest BCUT2D eigenvalue weighted by Gasteiger charge is 2.12. The zero-order valence-corrected chi connectivity index (χ0v) is 12.3. The SMILES string of the molecule is COc1ccc(C(C)NCc2cn(C)nc2C)c(F)c1. The van der Waals surface area contributed by atoms with Crippen molar-refractivity contribution in [3.63, 3.8) is 0 Å². The number of nitrogens with zero attached hydrogens (tertiary/aromatic N) is 2. The Bertz CT molecular complexity index is 595. The molecule has 1 aromatic carbocycles. The van der Waals surface area contributed by atoms with Crippen LogP contribution in [-0.2, 0) is 13.6 Å². The molecule has 0 amide bonds. The van der Waals surface area contributed by atoms with Crippen LogP contribution >= 0.6 is 0 Å². The second-order valence-electron chi connectivity index (χ2n) is 4.90. The molecule has 1 N–H and O–H groups in total. The van der Waals surface area contributed by atoms with E-state index in [9.17, 15) is 4.39 Å². The topological polar surface area (TPSA) is 39.1 Å². The van der Waals surface area contributed by atoms with Gasteiger partial charge in [-0.15, -0.1) is 0 Å². The number of nitrogens with one attached hydrogen (secondary N) is 1. The first-order valence-electron chi connectivity index (χ1n) is 6.57. The zero-order chi connectivity index (χ0) is 14.7. The number of aromatic nitrogens is 2. The first kappa shape index (κ1) is 14.5. The molecule has 0 fully saturated rings. The largest absolute Gasteiger partial charge is 0.497 e. The predicted octanol–water partition coefficient (Wildman–Crippen LogP) is 2.73. The molecular weight excluding hydrogens is 257 g/mol. The van der Waals surface area contributed by atoms with Crippen LogP contribution in [0.25, 0.3) is 0 Å². The highest BCUT2D eigenvalue weighted by molar-refractivity contribution is 5.30. The van der Waals surface area contributed by atoms with Gasteiger partial charge >= 0.3 is 0 Å². The van der Waals surface area contributed by atoms with E-state index in [1.165, 1.54) is 13.2 Å². The molecule has 0 saturated heterocycles. The van der Waals surface area contributed by atoms with Crippen molar-refractivity contribution >= 4 is 0 Å². The van der Waals surface area contributed by atoms with Gasteiger partial charge < -0.3 is 10.1 Å². The average Bonchev–Trinajstić information content (AvgIpc) is 2.74. The van der Waals surface area contributed by atoms with Crippen LogP contribution in [0.5, 0.6) is 5.75 Å². The van der Waals surface area contributed by atoms with Crippen molar-refractivity contribution in [1.29, 1.82) is 0 Å². The van der Waals surface area contributed by atoms with Gasteiger partial charge in [0.2, 0.25) is 0 Å². The third-order valence-corrected chi connectivity index (χ3v) is 3.39. The summed E-state index contributed by atoms with van der Waals surface area (Å²) in [5, 5.41) is 7.60. The van der Waals surface area contributed by atoms with Gasteiger partial charge in [0, 0.05) is 43.0 Å². The molecule has 1 aromatic heterocycles. The van der Waals surface area contributed by atoms with Crippen molar-refractivity contribution in [3.8, 4) is 5.75 Å². The molecular formula is C15H20FN3O. The maximum Gasteiger partial charge on any atom is 0.131 e. The van der Waals surface area contributed by atoms with Gasteiger partial charge in [0.05, 0.1) is 12.8 Å². The van der Waals surface area contributed by atoms with Gasteiger partial charge in [-0.2, -0.15) is 5.10 Å². The van der Waals surface area contributed by atoms with E-state index in [0.717, 1.165) is 11.3 Å². The van der Waals surface area contributed by atoms with Gasteiger partial charge in [-0.1, -0.05) is 6.07 Å². The Hall–Kier alpha value is -1.88. The summed E-state index contributed by atoms with van der Waals surface area (Å²) in [6.07, 6.45) is 1.97. The Morgan fingerprint density at radius 3 is 2.75 bits per heavy atom. The molecule has 1 heterocycles. The Balaban J connectivity index is 2.05. The third-order valence-electron chi connectivity index (χ3n) is 3.39. The summed E-state index contributed by atoms with van der Waals surface area (Å²) in [5.41, 5.74) is 2.74. The molecule has 2 rings (SSSR count). The van der Waals surface area contributed by atoms with Crippen LogP contribution < -0.4 is 10.1 Å². The predicted molar refractivity (Wildman–Crippen MR) is 76.2 cm³/mol. The minimum Gasteiger partial charge on any atom is -0.497 e. The van der Waals surface area contributed by atoms with E-state index in [0.29, 0.717) is 17.9 Å². The fourth-order valence-corrected chi connectivity index (χ4v) is 2.18. The van der Waals surface area contributed by atoms with Crippen LogP contribution in [0.1, 0.15) is 29.8 Å². The minimum absolute atomic E-state index is 0.0829. The lowest BCUT2D eigenvalue weighted by Gasteiger charge is -2.15. The number of hydrogen-bond acceptors (Lipinski definition) is 3. The summed E-state index contributed by atoms with van der Waals surface area (Å²) >= 11 is 0. The number of methoxy groups -OCH3 is 1. The van der Waals surface area contributed by atoms with E-state index in [4.69, 9.17) is 4.74 Å². The first-order chi connectivity index (χ1) is 9.51. The Kier molecular flexibility index (Phi) is 4.39. The third kappa shape index (κ3) is 3.17. The summed E-state index contributed by atoms with van der Waals surface area (Å²) in [5.74, 6) is 0.272. The lowest BCUT2D eigenvalue weighted by Crippen LogP contribution is -2.19. The van der Waals surface area contributed by atoms with Crippen molar-refractivity contribution in [1.82, 2.24) is 15.1 Å². The summed E-state index contributed by atoms with van der Waals surface area (Å²) in [6, 6.07) is 4.84. The van der Waals surface area contributed by atoms with Gasteiger partial charge in [0.25, 0.3) is 0 Å². The van der Waals surface area contributed by atoms with E-state index in [1.54, 1.807) is 16.8 Å². The smallest absolute Gasteiger partial charge is 0.131 e. The normalized spacial score (nSPS) is 12.4. The molecule has 0 saturated carbocycles. The zero-order valence-electron chi connectivity index (χ0n) is 12.3. The van der Waals surface area contributed by atoms with Crippen LogP contribution in [-0.4, -0.2) is 16.9 Å². The molecule has 1 unspecified atom stereocenters. The fraction of sp³-hybridized carbons (Fsp3) is 0.400. The summed E-state index contributed by atoms with van der Waals surface area (Å²) in [6.45, 7) is 4.57.